The van der Waals surface area contributed by atoms with E-state index >= 15 is 0 Å². The van der Waals surface area contributed by atoms with Gasteiger partial charge in [0.15, 0.2) is 0 Å². The predicted octanol–water partition coefficient (Wildman–Crippen LogP) is 3.66. The van der Waals surface area contributed by atoms with E-state index in [0.717, 1.165) is 17.7 Å². The molecule has 0 bridgehead atoms. The van der Waals surface area contributed by atoms with Crippen molar-refractivity contribution in [2.24, 2.45) is 0 Å². The first-order valence-electron chi connectivity index (χ1n) is 7.00. The van der Waals surface area contributed by atoms with Crippen LogP contribution in [0.5, 0.6) is 5.75 Å². The van der Waals surface area contributed by atoms with Crippen molar-refractivity contribution in [2.75, 3.05) is 14.2 Å². The fourth-order valence-corrected chi connectivity index (χ4v) is 3.10. The van der Waals surface area contributed by atoms with E-state index in [2.05, 4.69) is 18.4 Å². The SMILES string of the molecule is COc1cccc(CCC(=O)N(C)Cc2sccc2C)c1. The van der Waals surface area contributed by atoms with Crippen LogP contribution in [0.4, 0.5) is 0 Å². The lowest BCUT2D eigenvalue weighted by molar-refractivity contribution is -0.130. The minimum absolute atomic E-state index is 0.172. The van der Waals surface area contributed by atoms with E-state index in [1.165, 1.54) is 10.4 Å². The lowest BCUT2D eigenvalue weighted by Crippen LogP contribution is -2.26. The summed E-state index contributed by atoms with van der Waals surface area (Å²) < 4.78 is 5.20. The third-order valence-corrected chi connectivity index (χ3v) is 4.54. The second-order valence-electron chi connectivity index (χ2n) is 5.13. The second-order valence-corrected chi connectivity index (χ2v) is 6.13. The smallest absolute Gasteiger partial charge is 0.222 e. The number of amides is 1. The van der Waals surface area contributed by atoms with Gasteiger partial charge in [-0.15, -0.1) is 11.3 Å². The first-order valence-corrected chi connectivity index (χ1v) is 7.88. The van der Waals surface area contributed by atoms with Crippen molar-refractivity contribution in [2.45, 2.75) is 26.3 Å². The Hall–Kier alpha value is -1.81. The summed E-state index contributed by atoms with van der Waals surface area (Å²) in [5, 5.41) is 2.07. The number of thiophene rings is 1. The highest BCUT2D eigenvalue weighted by Gasteiger charge is 2.11. The molecule has 1 aromatic carbocycles. The fourth-order valence-electron chi connectivity index (χ4n) is 2.14. The van der Waals surface area contributed by atoms with Gasteiger partial charge in [0.2, 0.25) is 5.91 Å². The van der Waals surface area contributed by atoms with Crippen molar-refractivity contribution < 1.29 is 9.53 Å². The molecule has 0 atom stereocenters. The molecule has 0 spiro atoms. The predicted molar refractivity (Wildman–Crippen MR) is 86.8 cm³/mol. The summed E-state index contributed by atoms with van der Waals surface area (Å²) in [6.45, 7) is 2.78. The van der Waals surface area contributed by atoms with Crippen LogP contribution in [0.15, 0.2) is 35.7 Å². The monoisotopic (exact) mass is 303 g/mol. The number of rotatable bonds is 6. The number of benzene rings is 1. The van der Waals surface area contributed by atoms with Crippen LogP contribution in [0.2, 0.25) is 0 Å². The van der Waals surface area contributed by atoms with Gasteiger partial charge in [0.25, 0.3) is 0 Å². The highest BCUT2D eigenvalue weighted by Crippen LogP contribution is 2.18. The third kappa shape index (κ3) is 4.33. The maximum atomic E-state index is 12.2. The molecule has 0 unspecified atom stereocenters. The highest BCUT2D eigenvalue weighted by molar-refractivity contribution is 7.10. The zero-order chi connectivity index (χ0) is 15.2. The summed E-state index contributed by atoms with van der Waals surface area (Å²) >= 11 is 1.70. The molecule has 0 aliphatic rings. The van der Waals surface area contributed by atoms with Crippen LogP contribution in [0.1, 0.15) is 22.4 Å². The Kier molecular flexibility index (Phi) is 5.39. The fraction of sp³-hybridized carbons (Fsp3) is 0.353. The van der Waals surface area contributed by atoms with Gasteiger partial charge in [-0.05, 0) is 48.1 Å². The number of aryl methyl sites for hydroxylation is 2. The van der Waals surface area contributed by atoms with Crippen LogP contribution in [-0.4, -0.2) is 25.0 Å². The van der Waals surface area contributed by atoms with Crippen LogP contribution in [-0.2, 0) is 17.8 Å². The Morgan fingerprint density at radius 1 is 1.33 bits per heavy atom. The van der Waals surface area contributed by atoms with E-state index in [9.17, 15) is 4.79 Å². The van der Waals surface area contributed by atoms with Crippen LogP contribution in [0.3, 0.4) is 0 Å². The van der Waals surface area contributed by atoms with Gasteiger partial charge >= 0.3 is 0 Å². The van der Waals surface area contributed by atoms with Gasteiger partial charge in [-0.2, -0.15) is 0 Å². The topological polar surface area (TPSA) is 29.5 Å². The molecule has 0 aliphatic carbocycles. The average Bonchev–Trinajstić information content (AvgIpc) is 2.90. The number of methoxy groups -OCH3 is 1. The van der Waals surface area contributed by atoms with Gasteiger partial charge < -0.3 is 9.64 Å². The molecule has 112 valence electrons. The van der Waals surface area contributed by atoms with Crippen molar-refractivity contribution >= 4 is 17.2 Å². The average molecular weight is 303 g/mol. The number of ether oxygens (including phenoxy) is 1. The first-order chi connectivity index (χ1) is 10.1. The Bertz CT molecular complexity index is 606. The van der Waals surface area contributed by atoms with Crippen molar-refractivity contribution in [3.05, 3.63) is 51.7 Å². The number of hydrogen-bond acceptors (Lipinski definition) is 3. The molecule has 2 rings (SSSR count). The van der Waals surface area contributed by atoms with Crippen LogP contribution >= 0.6 is 11.3 Å². The molecule has 3 nitrogen and oxygen atoms in total. The van der Waals surface area contributed by atoms with E-state index in [4.69, 9.17) is 4.74 Å². The molecule has 0 aliphatic heterocycles. The van der Waals surface area contributed by atoms with Crippen molar-refractivity contribution in [1.29, 1.82) is 0 Å². The Morgan fingerprint density at radius 3 is 2.81 bits per heavy atom. The summed E-state index contributed by atoms with van der Waals surface area (Å²) in [7, 11) is 3.52. The van der Waals surface area contributed by atoms with Crippen LogP contribution in [0, 0.1) is 6.92 Å². The van der Waals surface area contributed by atoms with Gasteiger partial charge in [0, 0.05) is 18.3 Å². The zero-order valence-corrected chi connectivity index (χ0v) is 13.6. The molecule has 1 amide bonds. The van der Waals surface area contributed by atoms with E-state index in [-0.39, 0.29) is 5.91 Å². The molecule has 21 heavy (non-hydrogen) atoms. The summed E-state index contributed by atoms with van der Waals surface area (Å²) in [6.07, 6.45) is 1.26. The van der Waals surface area contributed by atoms with Gasteiger partial charge in [0.1, 0.15) is 5.75 Å². The summed E-state index contributed by atoms with van der Waals surface area (Å²) in [5.74, 6) is 1.01. The molecule has 1 heterocycles. The quantitative estimate of drug-likeness (QED) is 0.815. The maximum absolute atomic E-state index is 12.2. The lowest BCUT2D eigenvalue weighted by atomic mass is 10.1. The second kappa shape index (κ2) is 7.27. The van der Waals surface area contributed by atoms with Crippen LogP contribution in [0.25, 0.3) is 0 Å². The standard InChI is InChI=1S/C17H21NO2S/c1-13-9-10-21-16(13)12-18(2)17(19)8-7-14-5-4-6-15(11-14)20-3/h4-6,9-11H,7-8,12H2,1-3H3. The van der Waals surface area contributed by atoms with Gasteiger partial charge in [0.05, 0.1) is 13.7 Å². The van der Waals surface area contributed by atoms with E-state index in [0.29, 0.717) is 13.0 Å². The van der Waals surface area contributed by atoms with Crippen molar-refractivity contribution in [3.63, 3.8) is 0 Å². The molecule has 0 saturated heterocycles. The molecular weight excluding hydrogens is 282 g/mol. The minimum atomic E-state index is 0.172. The molecule has 4 heteroatoms. The van der Waals surface area contributed by atoms with E-state index < -0.39 is 0 Å². The Balaban J connectivity index is 1.87. The van der Waals surface area contributed by atoms with Crippen molar-refractivity contribution in [3.8, 4) is 5.75 Å². The zero-order valence-electron chi connectivity index (χ0n) is 12.8. The van der Waals surface area contributed by atoms with Gasteiger partial charge in [-0.1, -0.05) is 12.1 Å². The van der Waals surface area contributed by atoms with E-state index in [1.54, 1.807) is 23.3 Å². The molecule has 0 radical (unpaired) electrons. The highest BCUT2D eigenvalue weighted by atomic mass is 32.1. The first kappa shape index (κ1) is 15.6. The largest absolute Gasteiger partial charge is 0.497 e. The van der Waals surface area contributed by atoms with Gasteiger partial charge in [-0.25, -0.2) is 0 Å². The molecular formula is C17H21NO2S. The molecule has 2 aromatic rings. The summed E-state index contributed by atoms with van der Waals surface area (Å²) in [6, 6.07) is 9.97. The summed E-state index contributed by atoms with van der Waals surface area (Å²) in [4.78, 5) is 15.3. The third-order valence-electron chi connectivity index (χ3n) is 3.54. The Labute approximate surface area is 130 Å². The number of carbonyl (C=O) groups is 1. The normalized spacial score (nSPS) is 10.4. The number of nitrogens with zero attached hydrogens (tertiary/aromatic N) is 1. The van der Waals surface area contributed by atoms with E-state index in [1.807, 2.05) is 31.3 Å². The van der Waals surface area contributed by atoms with Crippen molar-refractivity contribution in [1.82, 2.24) is 4.90 Å². The molecule has 1 aromatic heterocycles. The Morgan fingerprint density at radius 2 is 2.14 bits per heavy atom. The number of carbonyl (C=O) groups excluding carboxylic acids is 1. The molecule has 0 fully saturated rings. The molecule has 0 saturated carbocycles. The lowest BCUT2D eigenvalue weighted by Gasteiger charge is -2.17. The minimum Gasteiger partial charge on any atom is -0.497 e. The van der Waals surface area contributed by atoms with Gasteiger partial charge in [-0.3, -0.25) is 4.79 Å². The van der Waals surface area contributed by atoms with Crippen LogP contribution < -0.4 is 4.74 Å². The number of hydrogen-bond donors (Lipinski definition) is 0. The molecule has 0 N–H and O–H groups in total. The maximum Gasteiger partial charge on any atom is 0.222 e. The summed E-state index contributed by atoms with van der Waals surface area (Å²) in [5.41, 5.74) is 2.39.